The van der Waals surface area contributed by atoms with Crippen molar-refractivity contribution in [3.63, 3.8) is 0 Å². The predicted molar refractivity (Wildman–Crippen MR) is 71.4 cm³/mol. The first-order valence-corrected chi connectivity index (χ1v) is 6.09. The van der Waals surface area contributed by atoms with Gasteiger partial charge in [0, 0.05) is 18.8 Å². The molecule has 1 heterocycles. The number of rotatable bonds is 4. The van der Waals surface area contributed by atoms with Gasteiger partial charge in [-0.3, -0.25) is 24.6 Å². The van der Waals surface area contributed by atoms with Crippen molar-refractivity contribution in [1.82, 2.24) is 9.80 Å². The molecular formula is C12H11FN4O5. The van der Waals surface area contributed by atoms with Crippen molar-refractivity contribution in [2.45, 2.75) is 0 Å². The molecule has 116 valence electrons. The second kappa shape index (κ2) is 5.76. The Morgan fingerprint density at radius 2 is 2.14 bits per heavy atom. The number of halogens is 1. The van der Waals surface area contributed by atoms with Gasteiger partial charge in [-0.25, -0.2) is 4.79 Å². The fourth-order valence-corrected chi connectivity index (χ4v) is 1.90. The van der Waals surface area contributed by atoms with E-state index in [2.05, 4.69) is 5.32 Å². The van der Waals surface area contributed by atoms with Crippen molar-refractivity contribution in [2.75, 3.05) is 25.5 Å². The molecule has 0 aromatic heterocycles. The highest BCUT2D eigenvalue weighted by Crippen LogP contribution is 2.21. The lowest BCUT2D eigenvalue weighted by Gasteiger charge is -2.13. The van der Waals surface area contributed by atoms with E-state index in [1.807, 2.05) is 0 Å². The minimum atomic E-state index is -1.03. The zero-order valence-corrected chi connectivity index (χ0v) is 11.4. The average molecular weight is 310 g/mol. The summed E-state index contributed by atoms with van der Waals surface area (Å²) in [6, 6.07) is 2.23. The van der Waals surface area contributed by atoms with Gasteiger partial charge in [-0.2, -0.15) is 4.39 Å². The molecule has 1 aliphatic heterocycles. The molecule has 0 unspecified atom stereocenters. The van der Waals surface area contributed by atoms with E-state index in [0.29, 0.717) is 0 Å². The van der Waals surface area contributed by atoms with Gasteiger partial charge in [-0.05, 0) is 12.1 Å². The van der Waals surface area contributed by atoms with Crippen LogP contribution in [0.4, 0.5) is 20.6 Å². The molecule has 10 heteroatoms. The lowest BCUT2D eigenvalue weighted by atomic mass is 10.2. The zero-order chi connectivity index (χ0) is 16.4. The minimum Gasteiger partial charge on any atom is -0.324 e. The molecule has 1 fully saturated rings. The van der Waals surface area contributed by atoms with Crippen LogP contribution >= 0.6 is 0 Å². The van der Waals surface area contributed by atoms with E-state index in [1.54, 1.807) is 0 Å². The number of nitrogens with zero attached hydrogens (tertiary/aromatic N) is 3. The van der Waals surface area contributed by atoms with Gasteiger partial charge in [0.2, 0.25) is 11.7 Å². The fourth-order valence-electron chi connectivity index (χ4n) is 1.90. The van der Waals surface area contributed by atoms with Gasteiger partial charge in [0.25, 0.3) is 5.91 Å². The maximum Gasteiger partial charge on any atom is 0.327 e. The highest BCUT2D eigenvalue weighted by molar-refractivity contribution is 6.06. The molecule has 4 amide bonds. The van der Waals surface area contributed by atoms with Gasteiger partial charge in [0.1, 0.15) is 13.1 Å². The lowest BCUT2D eigenvalue weighted by molar-refractivity contribution is -0.387. The molecule has 1 saturated heterocycles. The Hall–Kier alpha value is -3.04. The smallest absolute Gasteiger partial charge is 0.324 e. The number of carbonyl (C=O) groups excluding carboxylic acids is 3. The Bertz CT molecular complexity index is 677. The Kier molecular flexibility index (Phi) is 4.02. The van der Waals surface area contributed by atoms with Crippen molar-refractivity contribution in [1.29, 1.82) is 0 Å². The van der Waals surface area contributed by atoms with E-state index in [-0.39, 0.29) is 12.2 Å². The molecule has 0 bridgehead atoms. The van der Waals surface area contributed by atoms with E-state index in [0.717, 1.165) is 28.0 Å². The molecular weight excluding hydrogens is 299 g/mol. The summed E-state index contributed by atoms with van der Waals surface area (Å²) < 4.78 is 13.2. The molecule has 0 saturated carbocycles. The van der Waals surface area contributed by atoms with Crippen LogP contribution in [0.15, 0.2) is 18.2 Å². The summed E-state index contributed by atoms with van der Waals surface area (Å²) >= 11 is 0. The minimum absolute atomic E-state index is 0.00875. The van der Waals surface area contributed by atoms with Crippen molar-refractivity contribution >= 4 is 29.2 Å². The number of hydrogen-bond donors (Lipinski definition) is 1. The third-order valence-electron chi connectivity index (χ3n) is 2.96. The summed E-state index contributed by atoms with van der Waals surface area (Å²) in [6.45, 7) is -0.638. The molecule has 0 atom stereocenters. The van der Waals surface area contributed by atoms with E-state index < -0.39 is 40.8 Å². The standard InChI is InChI=1S/C12H11FN4O5/c1-15-6-11(19)16(12(15)20)5-10(18)14-7-2-3-8(13)9(4-7)17(21)22/h2-4H,5-6H2,1H3,(H,14,18). The van der Waals surface area contributed by atoms with Gasteiger partial charge in [-0.1, -0.05) is 0 Å². The van der Waals surface area contributed by atoms with Crippen LogP contribution in [0.5, 0.6) is 0 Å². The van der Waals surface area contributed by atoms with Crippen LogP contribution in [0.2, 0.25) is 0 Å². The fraction of sp³-hybridized carbons (Fsp3) is 0.250. The molecule has 0 radical (unpaired) electrons. The number of imide groups is 1. The Morgan fingerprint density at radius 1 is 1.45 bits per heavy atom. The zero-order valence-electron chi connectivity index (χ0n) is 11.4. The first-order chi connectivity index (χ1) is 10.3. The molecule has 1 N–H and O–H groups in total. The number of nitro groups is 1. The Morgan fingerprint density at radius 3 is 2.68 bits per heavy atom. The van der Waals surface area contributed by atoms with Crippen LogP contribution in [-0.4, -0.2) is 52.7 Å². The first-order valence-electron chi connectivity index (χ1n) is 6.09. The summed E-state index contributed by atoms with van der Waals surface area (Å²) in [4.78, 5) is 46.5. The number of urea groups is 1. The summed E-state index contributed by atoms with van der Waals surface area (Å²) in [6.07, 6.45) is 0. The number of nitrogens with one attached hydrogen (secondary N) is 1. The number of amides is 4. The Balaban J connectivity index is 2.07. The van der Waals surface area contributed by atoms with E-state index in [4.69, 9.17) is 0 Å². The molecule has 22 heavy (non-hydrogen) atoms. The highest BCUT2D eigenvalue weighted by atomic mass is 19.1. The number of benzene rings is 1. The monoisotopic (exact) mass is 310 g/mol. The SMILES string of the molecule is CN1CC(=O)N(CC(=O)Nc2ccc(F)c([N+](=O)[O-])c2)C1=O. The summed E-state index contributed by atoms with van der Waals surface area (Å²) in [5, 5.41) is 12.9. The second-order valence-corrected chi connectivity index (χ2v) is 4.59. The van der Waals surface area contributed by atoms with Gasteiger partial charge in [-0.15, -0.1) is 0 Å². The topological polar surface area (TPSA) is 113 Å². The molecule has 2 rings (SSSR count). The van der Waals surface area contributed by atoms with Gasteiger partial charge in [0.15, 0.2) is 0 Å². The molecule has 0 spiro atoms. The number of nitro benzene ring substituents is 1. The number of carbonyl (C=O) groups is 3. The van der Waals surface area contributed by atoms with Crippen LogP contribution in [0, 0.1) is 15.9 Å². The third kappa shape index (κ3) is 3.00. The van der Waals surface area contributed by atoms with Crippen molar-refractivity contribution in [2.24, 2.45) is 0 Å². The molecule has 0 aliphatic carbocycles. The highest BCUT2D eigenvalue weighted by Gasteiger charge is 2.34. The number of hydrogen-bond acceptors (Lipinski definition) is 5. The predicted octanol–water partition coefficient (Wildman–Crippen LogP) is 0.566. The van der Waals surface area contributed by atoms with Gasteiger partial charge >= 0.3 is 11.7 Å². The Labute approximate surface area is 123 Å². The maximum absolute atomic E-state index is 13.2. The van der Waals surface area contributed by atoms with E-state index >= 15 is 0 Å². The summed E-state index contributed by atoms with van der Waals surface area (Å²) in [5.74, 6) is -2.28. The molecule has 1 aromatic carbocycles. The van der Waals surface area contributed by atoms with Crippen LogP contribution in [0.1, 0.15) is 0 Å². The quantitative estimate of drug-likeness (QED) is 0.496. The third-order valence-corrected chi connectivity index (χ3v) is 2.96. The summed E-state index contributed by atoms with van der Waals surface area (Å²) in [5.41, 5.74) is -0.795. The lowest BCUT2D eigenvalue weighted by Crippen LogP contribution is -2.38. The molecule has 1 aliphatic rings. The normalized spacial score (nSPS) is 14.5. The van der Waals surface area contributed by atoms with Crippen LogP contribution in [0.25, 0.3) is 0 Å². The molecule has 1 aromatic rings. The van der Waals surface area contributed by atoms with Crippen molar-refractivity contribution < 1.29 is 23.7 Å². The first kappa shape index (κ1) is 15.4. The average Bonchev–Trinajstić information content (AvgIpc) is 2.67. The van der Waals surface area contributed by atoms with Gasteiger partial charge in [0.05, 0.1) is 4.92 Å². The van der Waals surface area contributed by atoms with Crippen molar-refractivity contribution in [3.05, 3.63) is 34.1 Å². The maximum atomic E-state index is 13.2. The van der Waals surface area contributed by atoms with E-state index in [1.165, 1.54) is 7.05 Å². The largest absolute Gasteiger partial charge is 0.327 e. The molecule has 9 nitrogen and oxygen atoms in total. The number of anilines is 1. The second-order valence-electron chi connectivity index (χ2n) is 4.59. The number of likely N-dealkylation sites (N-methyl/N-ethyl adjacent to an activating group) is 1. The summed E-state index contributed by atoms with van der Waals surface area (Å²) in [7, 11) is 1.42. The van der Waals surface area contributed by atoms with Crippen LogP contribution in [-0.2, 0) is 9.59 Å². The van der Waals surface area contributed by atoms with Gasteiger partial charge < -0.3 is 10.2 Å². The van der Waals surface area contributed by atoms with Crippen LogP contribution in [0.3, 0.4) is 0 Å². The van der Waals surface area contributed by atoms with E-state index in [9.17, 15) is 28.9 Å². The van der Waals surface area contributed by atoms with Crippen molar-refractivity contribution in [3.8, 4) is 0 Å². The van der Waals surface area contributed by atoms with Crippen LogP contribution < -0.4 is 5.32 Å².